The molecule has 3 rings (SSSR count). The van der Waals surface area contributed by atoms with E-state index in [0.717, 1.165) is 17.0 Å². The van der Waals surface area contributed by atoms with Gasteiger partial charge in [-0.05, 0) is 55.2 Å². The lowest BCUT2D eigenvalue weighted by molar-refractivity contribution is -0.126. The Hall–Kier alpha value is -2.82. The first-order chi connectivity index (χ1) is 13.8. The van der Waals surface area contributed by atoms with Gasteiger partial charge in [-0.1, -0.05) is 38.1 Å². The van der Waals surface area contributed by atoms with Gasteiger partial charge in [0.2, 0.25) is 11.8 Å². The third-order valence-corrected chi connectivity index (χ3v) is 5.13. The molecule has 1 N–H and O–H groups in total. The van der Waals surface area contributed by atoms with Gasteiger partial charge in [0.15, 0.2) is 0 Å². The van der Waals surface area contributed by atoms with Crippen molar-refractivity contribution < 1.29 is 14.3 Å². The fourth-order valence-corrected chi connectivity index (χ4v) is 3.46. The Kier molecular flexibility index (Phi) is 6.57. The molecule has 0 aliphatic carbocycles. The lowest BCUT2D eigenvalue weighted by Gasteiger charge is -2.18. The summed E-state index contributed by atoms with van der Waals surface area (Å²) < 4.78 is 5.64. The minimum absolute atomic E-state index is 0.0241. The topological polar surface area (TPSA) is 58.6 Å². The van der Waals surface area contributed by atoms with Crippen molar-refractivity contribution >= 4 is 17.5 Å². The molecule has 1 atom stereocenters. The zero-order chi connectivity index (χ0) is 21.0. The highest BCUT2D eigenvalue weighted by atomic mass is 16.5. The lowest BCUT2D eigenvalue weighted by Crippen LogP contribution is -2.32. The van der Waals surface area contributed by atoms with Gasteiger partial charge in [0, 0.05) is 25.2 Å². The van der Waals surface area contributed by atoms with Gasteiger partial charge in [0.1, 0.15) is 5.75 Å². The van der Waals surface area contributed by atoms with E-state index in [0.29, 0.717) is 19.0 Å². The summed E-state index contributed by atoms with van der Waals surface area (Å²) in [5.74, 6) is 0.829. The largest absolute Gasteiger partial charge is 0.491 e. The van der Waals surface area contributed by atoms with Crippen molar-refractivity contribution in [2.75, 3.05) is 11.4 Å². The van der Waals surface area contributed by atoms with Crippen molar-refractivity contribution in [2.24, 2.45) is 5.92 Å². The summed E-state index contributed by atoms with van der Waals surface area (Å²) in [5, 5.41) is 2.98. The molecule has 1 aliphatic heterocycles. The van der Waals surface area contributed by atoms with Crippen LogP contribution in [0.1, 0.15) is 51.2 Å². The highest BCUT2D eigenvalue weighted by molar-refractivity contribution is 6.00. The third kappa shape index (κ3) is 5.37. The van der Waals surface area contributed by atoms with Gasteiger partial charge in [0.05, 0.1) is 12.0 Å². The van der Waals surface area contributed by atoms with Crippen molar-refractivity contribution in [3.63, 3.8) is 0 Å². The summed E-state index contributed by atoms with van der Waals surface area (Å²) in [4.78, 5) is 26.7. The molecule has 1 heterocycles. The van der Waals surface area contributed by atoms with Crippen LogP contribution in [-0.4, -0.2) is 24.5 Å². The van der Waals surface area contributed by atoms with E-state index in [1.165, 1.54) is 5.56 Å². The van der Waals surface area contributed by atoms with Crippen molar-refractivity contribution in [1.82, 2.24) is 5.32 Å². The van der Waals surface area contributed by atoms with Crippen LogP contribution in [0.5, 0.6) is 5.75 Å². The number of carbonyl (C=O) groups is 2. The highest BCUT2D eigenvalue weighted by Gasteiger charge is 2.35. The van der Waals surface area contributed by atoms with Crippen LogP contribution in [0.4, 0.5) is 5.69 Å². The van der Waals surface area contributed by atoms with Crippen LogP contribution in [0.2, 0.25) is 0 Å². The molecule has 1 fully saturated rings. The molecule has 1 saturated heterocycles. The molecule has 2 aromatic rings. The number of ether oxygens (including phenoxy) is 1. The fourth-order valence-electron chi connectivity index (χ4n) is 3.46. The Morgan fingerprint density at radius 1 is 1.07 bits per heavy atom. The summed E-state index contributed by atoms with van der Waals surface area (Å²) in [5.41, 5.74) is 3.14. The molecule has 154 valence electrons. The predicted octanol–water partition coefficient (Wildman–Crippen LogP) is 4.27. The summed E-state index contributed by atoms with van der Waals surface area (Å²) in [6, 6.07) is 15.7. The van der Waals surface area contributed by atoms with E-state index >= 15 is 0 Å². The van der Waals surface area contributed by atoms with E-state index in [-0.39, 0.29) is 30.3 Å². The molecule has 1 aliphatic rings. The maximum absolute atomic E-state index is 12.6. The average molecular weight is 395 g/mol. The van der Waals surface area contributed by atoms with E-state index in [2.05, 4.69) is 31.3 Å². The smallest absolute Gasteiger partial charge is 0.227 e. The van der Waals surface area contributed by atoms with Crippen molar-refractivity contribution in [3.05, 3.63) is 59.7 Å². The molecule has 0 saturated carbocycles. The minimum atomic E-state index is -0.330. The van der Waals surface area contributed by atoms with Crippen LogP contribution in [0.25, 0.3) is 0 Å². The third-order valence-electron chi connectivity index (χ3n) is 5.13. The van der Waals surface area contributed by atoms with Gasteiger partial charge < -0.3 is 15.0 Å². The zero-order valence-corrected chi connectivity index (χ0v) is 17.6. The average Bonchev–Trinajstić information content (AvgIpc) is 3.08. The van der Waals surface area contributed by atoms with E-state index in [9.17, 15) is 9.59 Å². The van der Waals surface area contributed by atoms with Crippen LogP contribution in [0, 0.1) is 5.92 Å². The predicted molar refractivity (Wildman–Crippen MR) is 115 cm³/mol. The number of carbonyl (C=O) groups excluding carboxylic acids is 2. The van der Waals surface area contributed by atoms with Crippen molar-refractivity contribution in [3.8, 4) is 5.75 Å². The van der Waals surface area contributed by atoms with Crippen LogP contribution in [0.15, 0.2) is 48.5 Å². The molecular formula is C24H30N2O3. The molecule has 5 nitrogen and oxygen atoms in total. The highest BCUT2D eigenvalue weighted by Crippen LogP contribution is 2.27. The van der Waals surface area contributed by atoms with E-state index < -0.39 is 0 Å². The standard InChI is InChI=1S/C24H30N2O3/c1-16(2)19-7-5-18(6-8-19)14-25-24(28)20-13-23(27)26(15-20)21-9-11-22(12-10-21)29-17(3)4/h5-12,16-17,20H,13-15H2,1-4H3,(H,25,28)/t20-/m1/s1. The van der Waals surface area contributed by atoms with E-state index in [4.69, 9.17) is 4.74 Å². The van der Waals surface area contributed by atoms with Crippen LogP contribution < -0.4 is 15.0 Å². The molecular weight excluding hydrogens is 364 g/mol. The van der Waals surface area contributed by atoms with Gasteiger partial charge in [-0.15, -0.1) is 0 Å². The maximum Gasteiger partial charge on any atom is 0.227 e. The SMILES string of the molecule is CC(C)Oc1ccc(N2C[C@H](C(=O)NCc3ccc(C(C)C)cc3)CC2=O)cc1. The van der Waals surface area contributed by atoms with E-state index in [1.54, 1.807) is 4.90 Å². The number of hydrogen-bond acceptors (Lipinski definition) is 3. The molecule has 0 spiro atoms. The molecule has 5 heteroatoms. The fraction of sp³-hybridized carbons (Fsp3) is 0.417. The number of benzene rings is 2. The van der Waals surface area contributed by atoms with E-state index in [1.807, 2.05) is 50.2 Å². The summed E-state index contributed by atoms with van der Waals surface area (Å²) in [7, 11) is 0. The van der Waals surface area contributed by atoms with Crippen LogP contribution in [-0.2, 0) is 16.1 Å². The molecule has 2 amide bonds. The van der Waals surface area contributed by atoms with Gasteiger partial charge in [-0.25, -0.2) is 0 Å². The number of rotatable bonds is 7. The second-order valence-corrected chi connectivity index (χ2v) is 8.18. The monoisotopic (exact) mass is 394 g/mol. The second-order valence-electron chi connectivity index (χ2n) is 8.18. The van der Waals surface area contributed by atoms with Gasteiger partial charge in [0.25, 0.3) is 0 Å². The van der Waals surface area contributed by atoms with Crippen molar-refractivity contribution in [2.45, 2.75) is 52.7 Å². The Bertz CT molecular complexity index is 841. The quantitative estimate of drug-likeness (QED) is 0.763. The summed E-state index contributed by atoms with van der Waals surface area (Å²) in [6.45, 7) is 9.14. The lowest BCUT2D eigenvalue weighted by atomic mass is 10.0. The maximum atomic E-state index is 12.6. The number of nitrogens with zero attached hydrogens (tertiary/aromatic N) is 1. The molecule has 0 bridgehead atoms. The first-order valence-corrected chi connectivity index (χ1v) is 10.3. The number of amides is 2. The summed E-state index contributed by atoms with van der Waals surface area (Å²) in [6.07, 6.45) is 0.339. The van der Waals surface area contributed by atoms with Crippen LogP contribution in [0.3, 0.4) is 0 Å². The Morgan fingerprint density at radius 2 is 1.72 bits per heavy atom. The first-order valence-electron chi connectivity index (χ1n) is 10.3. The Balaban J connectivity index is 1.55. The first kappa shape index (κ1) is 20.9. The molecule has 0 unspecified atom stereocenters. The van der Waals surface area contributed by atoms with Gasteiger partial charge >= 0.3 is 0 Å². The van der Waals surface area contributed by atoms with Gasteiger partial charge in [-0.3, -0.25) is 9.59 Å². The summed E-state index contributed by atoms with van der Waals surface area (Å²) >= 11 is 0. The number of nitrogens with one attached hydrogen (secondary N) is 1. The second kappa shape index (κ2) is 9.12. The normalized spacial score (nSPS) is 16.6. The Labute approximate surface area is 173 Å². The number of anilines is 1. The van der Waals surface area contributed by atoms with Crippen LogP contribution >= 0.6 is 0 Å². The van der Waals surface area contributed by atoms with Crippen molar-refractivity contribution in [1.29, 1.82) is 0 Å². The molecule has 29 heavy (non-hydrogen) atoms. The molecule has 0 radical (unpaired) electrons. The number of hydrogen-bond donors (Lipinski definition) is 1. The molecule has 2 aromatic carbocycles. The Morgan fingerprint density at radius 3 is 2.31 bits per heavy atom. The minimum Gasteiger partial charge on any atom is -0.491 e. The zero-order valence-electron chi connectivity index (χ0n) is 17.6. The van der Waals surface area contributed by atoms with Gasteiger partial charge in [-0.2, -0.15) is 0 Å². The molecule has 0 aromatic heterocycles.